The van der Waals surface area contributed by atoms with E-state index in [1.165, 1.54) is 12.0 Å². The van der Waals surface area contributed by atoms with E-state index in [1.807, 2.05) is 0 Å². The Morgan fingerprint density at radius 2 is 2.00 bits per heavy atom. The molecule has 0 aromatic carbocycles. The number of carbonyl (C=O) groups is 2. The van der Waals surface area contributed by atoms with Gasteiger partial charge in [-0.05, 0) is 12.8 Å². The summed E-state index contributed by atoms with van der Waals surface area (Å²) in [6.45, 7) is 0.289. The molecule has 1 saturated heterocycles. The van der Waals surface area contributed by atoms with Crippen molar-refractivity contribution in [2.75, 3.05) is 13.7 Å². The lowest BCUT2D eigenvalue weighted by Crippen LogP contribution is -2.60. The zero-order valence-corrected chi connectivity index (χ0v) is 8.86. The van der Waals surface area contributed by atoms with Crippen molar-refractivity contribution in [2.45, 2.75) is 37.8 Å². The number of methoxy groups -OCH3 is 1. The average Bonchev–Trinajstić information content (AvgIpc) is 2.71. The largest absolute Gasteiger partial charge is 0.370 e. The Bertz CT molecular complexity index is 274. The van der Waals surface area contributed by atoms with E-state index in [9.17, 15) is 9.59 Å². The first-order valence-electron chi connectivity index (χ1n) is 5.37. The minimum atomic E-state index is -0.511. The second-order valence-electron chi connectivity index (χ2n) is 4.06. The summed E-state index contributed by atoms with van der Waals surface area (Å²) in [6, 6.07) is -0.185. The maximum Gasteiger partial charge on any atom is 0.324 e. The van der Waals surface area contributed by atoms with Crippen molar-refractivity contribution in [2.24, 2.45) is 0 Å². The minimum Gasteiger partial charge on any atom is -0.370 e. The van der Waals surface area contributed by atoms with Gasteiger partial charge in [0, 0.05) is 13.2 Å². The van der Waals surface area contributed by atoms with E-state index >= 15 is 0 Å². The van der Waals surface area contributed by atoms with E-state index in [4.69, 9.17) is 4.74 Å². The van der Waals surface area contributed by atoms with Crippen molar-refractivity contribution >= 4 is 11.9 Å². The number of nitrogens with one attached hydrogen (secondary N) is 1. The third-order valence-electron chi connectivity index (χ3n) is 3.14. The average molecular weight is 212 g/mol. The van der Waals surface area contributed by atoms with Gasteiger partial charge in [0.1, 0.15) is 0 Å². The van der Waals surface area contributed by atoms with Crippen LogP contribution in [0.3, 0.4) is 0 Å². The number of rotatable bonds is 2. The van der Waals surface area contributed by atoms with Gasteiger partial charge in [0.15, 0.2) is 6.10 Å². The first kappa shape index (κ1) is 10.4. The first-order chi connectivity index (χ1) is 7.24. The molecular formula is C10H16N2O3. The number of carbonyl (C=O) groups excluding carboxylic acids is 2. The number of hydrogen-bond donors (Lipinski definition) is 1. The van der Waals surface area contributed by atoms with Gasteiger partial charge in [-0.1, -0.05) is 12.8 Å². The zero-order valence-electron chi connectivity index (χ0n) is 8.86. The first-order valence-corrected chi connectivity index (χ1v) is 5.37. The fourth-order valence-electron chi connectivity index (χ4n) is 2.30. The van der Waals surface area contributed by atoms with Crippen LogP contribution in [-0.4, -0.2) is 42.6 Å². The highest BCUT2D eigenvalue weighted by molar-refractivity contribution is 5.99. The van der Waals surface area contributed by atoms with Crippen LogP contribution in [0.5, 0.6) is 0 Å². The number of ether oxygens (including phenoxy) is 1. The molecule has 5 nitrogen and oxygen atoms in total. The smallest absolute Gasteiger partial charge is 0.324 e. The Hall–Kier alpha value is -1.10. The van der Waals surface area contributed by atoms with Crippen molar-refractivity contribution in [1.29, 1.82) is 0 Å². The lowest BCUT2D eigenvalue weighted by molar-refractivity contribution is -0.142. The molecule has 1 atom stereocenters. The molecule has 0 spiro atoms. The lowest BCUT2D eigenvalue weighted by Gasteiger charge is -2.34. The van der Waals surface area contributed by atoms with E-state index < -0.39 is 6.10 Å². The summed E-state index contributed by atoms with van der Waals surface area (Å²) in [5.41, 5.74) is 0. The summed E-state index contributed by atoms with van der Waals surface area (Å²) in [5.74, 6) is -0.187. The van der Waals surface area contributed by atoms with Gasteiger partial charge in [-0.2, -0.15) is 0 Å². The van der Waals surface area contributed by atoms with E-state index in [0.717, 1.165) is 25.7 Å². The molecular weight excluding hydrogens is 196 g/mol. The van der Waals surface area contributed by atoms with Crippen LogP contribution in [-0.2, 0) is 9.53 Å². The molecule has 0 bridgehead atoms. The molecule has 0 aromatic heterocycles. The quantitative estimate of drug-likeness (QED) is 0.725. The van der Waals surface area contributed by atoms with Gasteiger partial charge in [-0.15, -0.1) is 0 Å². The maximum absolute atomic E-state index is 11.9. The fraction of sp³-hybridized carbons (Fsp3) is 0.800. The molecule has 1 aliphatic carbocycles. The van der Waals surface area contributed by atoms with E-state index in [-0.39, 0.29) is 24.5 Å². The van der Waals surface area contributed by atoms with Gasteiger partial charge >= 0.3 is 6.03 Å². The summed E-state index contributed by atoms with van der Waals surface area (Å²) in [6.07, 6.45) is 3.53. The molecule has 1 heterocycles. The monoisotopic (exact) mass is 212 g/mol. The molecule has 2 fully saturated rings. The molecule has 0 aromatic rings. The SMILES string of the molecule is COC1CNC(=O)N(C2CCCC2)C1=O. The second kappa shape index (κ2) is 4.18. The second-order valence-corrected chi connectivity index (χ2v) is 4.06. The predicted octanol–water partition coefficient (Wildman–Crippen LogP) is 0.496. The van der Waals surface area contributed by atoms with Gasteiger partial charge in [0.2, 0.25) is 0 Å². The molecule has 1 saturated carbocycles. The number of urea groups is 1. The van der Waals surface area contributed by atoms with Gasteiger partial charge in [-0.25, -0.2) is 4.79 Å². The molecule has 1 aliphatic heterocycles. The standard InChI is InChI=1S/C10H16N2O3/c1-15-8-6-11-10(14)12(9(8)13)7-4-2-3-5-7/h7-8H,2-6H2,1H3,(H,11,14). The number of hydrogen-bond acceptors (Lipinski definition) is 3. The maximum atomic E-state index is 11.9. The van der Waals surface area contributed by atoms with Gasteiger partial charge in [-0.3, -0.25) is 9.69 Å². The number of imide groups is 1. The number of amides is 3. The zero-order chi connectivity index (χ0) is 10.8. The van der Waals surface area contributed by atoms with Crippen LogP contribution in [0.2, 0.25) is 0 Å². The van der Waals surface area contributed by atoms with Crippen LogP contribution in [0.25, 0.3) is 0 Å². The molecule has 2 rings (SSSR count). The molecule has 5 heteroatoms. The molecule has 84 valence electrons. The van der Waals surface area contributed by atoms with Crippen LogP contribution in [0.1, 0.15) is 25.7 Å². The van der Waals surface area contributed by atoms with Crippen molar-refractivity contribution in [3.8, 4) is 0 Å². The molecule has 3 amide bonds. The van der Waals surface area contributed by atoms with Crippen molar-refractivity contribution in [3.63, 3.8) is 0 Å². The predicted molar refractivity (Wildman–Crippen MR) is 53.3 cm³/mol. The summed E-state index contributed by atoms with van der Waals surface area (Å²) >= 11 is 0. The van der Waals surface area contributed by atoms with Gasteiger partial charge in [0.25, 0.3) is 5.91 Å². The van der Waals surface area contributed by atoms with Crippen molar-refractivity contribution in [1.82, 2.24) is 10.2 Å². The summed E-state index contributed by atoms with van der Waals surface area (Å²) in [5, 5.41) is 2.68. The molecule has 1 unspecified atom stereocenters. The summed E-state index contributed by atoms with van der Waals surface area (Å²) < 4.78 is 5.04. The van der Waals surface area contributed by atoms with Gasteiger partial charge in [0.05, 0.1) is 6.54 Å². The Labute approximate surface area is 88.8 Å². The normalized spacial score (nSPS) is 28.3. The Kier molecular flexibility index (Phi) is 2.90. The minimum absolute atomic E-state index is 0.0791. The number of nitrogens with zero attached hydrogens (tertiary/aromatic N) is 1. The Morgan fingerprint density at radius 1 is 1.33 bits per heavy atom. The van der Waals surface area contributed by atoms with Crippen molar-refractivity contribution < 1.29 is 14.3 Å². The summed E-state index contributed by atoms with van der Waals surface area (Å²) in [4.78, 5) is 24.8. The lowest BCUT2D eigenvalue weighted by atomic mass is 10.1. The molecule has 0 radical (unpaired) electrons. The van der Waals surface area contributed by atoms with E-state index in [0.29, 0.717) is 0 Å². The summed E-state index contributed by atoms with van der Waals surface area (Å²) in [7, 11) is 1.49. The fourth-order valence-corrected chi connectivity index (χ4v) is 2.30. The molecule has 2 aliphatic rings. The molecule has 1 N–H and O–H groups in total. The van der Waals surface area contributed by atoms with Crippen molar-refractivity contribution in [3.05, 3.63) is 0 Å². The highest BCUT2D eigenvalue weighted by Gasteiger charge is 2.39. The van der Waals surface area contributed by atoms with Crippen LogP contribution >= 0.6 is 0 Å². The Morgan fingerprint density at radius 3 is 2.60 bits per heavy atom. The van der Waals surface area contributed by atoms with Gasteiger partial charge < -0.3 is 10.1 Å². The van der Waals surface area contributed by atoms with Crippen LogP contribution < -0.4 is 5.32 Å². The van der Waals surface area contributed by atoms with Crippen LogP contribution in [0.4, 0.5) is 4.79 Å². The highest BCUT2D eigenvalue weighted by Crippen LogP contribution is 2.25. The third kappa shape index (κ3) is 1.84. The van der Waals surface area contributed by atoms with E-state index in [2.05, 4.69) is 5.32 Å². The highest BCUT2D eigenvalue weighted by atomic mass is 16.5. The topological polar surface area (TPSA) is 58.6 Å². The molecule has 15 heavy (non-hydrogen) atoms. The Balaban J connectivity index is 2.11. The van der Waals surface area contributed by atoms with E-state index in [1.54, 1.807) is 0 Å². The van der Waals surface area contributed by atoms with Crippen LogP contribution in [0, 0.1) is 0 Å². The van der Waals surface area contributed by atoms with Crippen LogP contribution in [0.15, 0.2) is 0 Å². The third-order valence-corrected chi connectivity index (χ3v) is 3.14.